The number of nitrogens with zero attached hydrogens (tertiary/aromatic N) is 2. The smallest absolute Gasteiger partial charge is 0.128 e. The van der Waals surface area contributed by atoms with Gasteiger partial charge in [0.15, 0.2) is 0 Å². The van der Waals surface area contributed by atoms with Crippen LogP contribution in [0.1, 0.15) is 41.6 Å². The number of rotatable bonds is 5. The van der Waals surface area contributed by atoms with E-state index in [0.717, 1.165) is 29.7 Å². The Balaban J connectivity index is 2.50. The molecule has 2 heterocycles. The van der Waals surface area contributed by atoms with Gasteiger partial charge in [-0.1, -0.05) is 6.92 Å². The van der Waals surface area contributed by atoms with Crippen molar-refractivity contribution in [3.05, 3.63) is 53.0 Å². The fraction of sp³-hybridized carbons (Fsp3) is 0.375. The van der Waals surface area contributed by atoms with Gasteiger partial charge in [-0.2, -0.15) is 0 Å². The highest BCUT2D eigenvalue weighted by molar-refractivity contribution is 5.50. The Bertz CT molecular complexity index is 560. The highest BCUT2D eigenvalue weighted by Crippen LogP contribution is 2.29. The second-order valence-electron chi connectivity index (χ2n) is 5.05. The van der Waals surface area contributed by atoms with Crippen LogP contribution in [-0.2, 0) is 0 Å². The van der Waals surface area contributed by atoms with Crippen LogP contribution in [0, 0.1) is 13.8 Å². The number of pyridine rings is 2. The molecular formula is C16H22N4. The highest BCUT2D eigenvalue weighted by atomic mass is 14.9. The first kappa shape index (κ1) is 14.5. The van der Waals surface area contributed by atoms with Crippen molar-refractivity contribution in [1.82, 2.24) is 15.3 Å². The molecule has 0 spiro atoms. The molecule has 0 aromatic carbocycles. The molecule has 0 bridgehead atoms. The second-order valence-corrected chi connectivity index (χ2v) is 5.05. The van der Waals surface area contributed by atoms with Crippen molar-refractivity contribution in [2.75, 3.05) is 12.3 Å². The number of aryl methyl sites for hydroxylation is 2. The van der Waals surface area contributed by atoms with Gasteiger partial charge in [-0.05, 0) is 55.6 Å². The molecule has 0 amide bonds. The lowest BCUT2D eigenvalue weighted by Gasteiger charge is -2.23. The van der Waals surface area contributed by atoms with E-state index in [9.17, 15) is 0 Å². The van der Waals surface area contributed by atoms with E-state index >= 15 is 0 Å². The molecule has 2 rings (SSSR count). The Morgan fingerprint density at radius 1 is 1.20 bits per heavy atom. The van der Waals surface area contributed by atoms with Crippen molar-refractivity contribution < 1.29 is 0 Å². The van der Waals surface area contributed by atoms with E-state index in [2.05, 4.69) is 42.1 Å². The monoisotopic (exact) mass is 270 g/mol. The lowest BCUT2D eigenvalue weighted by atomic mass is 9.93. The van der Waals surface area contributed by atoms with E-state index in [4.69, 9.17) is 5.73 Å². The minimum atomic E-state index is 0.0617. The Kier molecular flexibility index (Phi) is 4.69. The standard InChI is InChI=1S/C16H22N4/c1-4-7-19-15(13-6-8-18-10-12(13)3)14-11(2)5-9-20-16(14)17/h5-6,8-10,15,19H,4,7H2,1-3H3,(H2,17,20). The Morgan fingerprint density at radius 3 is 2.65 bits per heavy atom. The summed E-state index contributed by atoms with van der Waals surface area (Å²) in [4.78, 5) is 8.42. The second kappa shape index (κ2) is 6.48. The van der Waals surface area contributed by atoms with Crippen molar-refractivity contribution in [1.29, 1.82) is 0 Å². The van der Waals surface area contributed by atoms with E-state index in [1.807, 2.05) is 18.5 Å². The zero-order valence-corrected chi connectivity index (χ0v) is 12.4. The summed E-state index contributed by atoms with van der Waals surface area (Å²) in [6.07, 6.45) is 6.53. The molecule has 0 fully saturated rings. The minimum Gasteiger partial charge on any atom is -0.383 e. The third-order valence-electron chi connectivity index (χ3n) is 3.50. The Labute approximate surface area is 120 Å². The summed E-state index contributed by atoms with van der Waals surface area (Å²) in [6, 6.07) is 4.11. The summed E-state index contributed by atoms with van der Waals surface area (Å²) >= 11 is 0. The molecule has 0 saturated carbocycles. The van der Waals surface area contributed by atoms with Crippen LogP contribution in [0.15, 0.2) is 30.7 Å². The zero-order valence-electron chi connectivity index (χ0n) is 12.4. The third-order valence-corrected chi connectivity index (χ3v) is 3.50. The molecule has 4 heteroatoms. The van der Waals surface area contributed by atoms with Crippen molar-refractivity contribution in [2.24, 2.45) is 0 Å². The first-order chi connectivity index (χ1) is 9.65. The first-order valence-corrected chi connectivity index (χ1v) is 7.00. The van der Waals surface area contributed by atoms with Crippen LogP contribution in [0.2, 0.25) is 0 Å². The average molecular weight is 270 g/mol. The molecule has 0 aliphatic carbocycles. The maximum absolute atomic E-state index is 6.11. The van der Waals surface area contributed by atoms with Crippen LogP contribution in [-0.4, -0.2) is 16.5 Å². The third kappa shape index (κ3) is 2.96. The molecule has 0 aliphatic rings. The summed E-state index contributed by atoms with van der Waals surface area (Å²) in [6.45, 7) is 7.23. The lowest BCUT2D eigenvalue weighted by Crippen LogP contribution is -2.26. The summed E-state index contributed by atoms with van der Waals surface area (Å²) in [5, 5.41) is 3.58. The van der Waals surface area contributed by atoms with Gasteiger partial charge in [0.2, 0.25) is 0 Å². The molecule has 0 radical (unpaired) electrons. The molecule has 0 saturated heterocycles. The summed E-state index contributed by atoms with van der Waals surface area (Å²) in [5.74, 6) is 0.592. The van der Waals surface area contributed by atoms with Gasteiger partial charge >= 0.3 is 0 Å². The van der Waals surface area contributed by atoms with Gasteiger partial charge < -0.3 is 11.1 Å². The van der Waals surface area contributed by atoms with Crippen molar-refractivity contribution >= 4 is 5.82 Å². The van der Waals surface area contributed by atoms with Crippen LogP contribution in [0.3, 0.4) is 0 Å². The molecule has 4 nitrogen and oxygen atoms in total. The molecule has 106 valence electrons. The van der Waals surface area contributed by atoms with Gasteiger partial charge in [-0.15, -0.1) is 0 Å². The normalized spacial score (nSPS) is 12.3. The van der Waals surface area contributed by atoms with Crippen molar-refractivity contribution in [3.63, 3.8) is 0 Å². The fourth-order valence-electron chi connectivity index (χ4n) is 2.43. The molecule has 1 atom stereocenters. The molecule has 2 aromatic rings. The van der Waals surface area contributed by atoms with Gasteiger partial charge in [0.05, 0.1) is 6.04 Å². The predicted molar refractivity (Wildman–Crippen MR) is 82.5 cm³/mol. The van der Waals surface area contributed by atoms with Gasteiger partial charge in [-0.3, -0.25) is 4.98 Å². The molecule has 2 aromatic heterocycles. The Hall–Kier alpha value is -1.94. The van der Waals surface area contributed by atoms with Crippen molar-refractivity contribution in [2.45, 2.75) is 33.2 Å². The summed E-state index contributed by atoms with van der Waals surface area (Å²) < 4.78 is 0. The van der Waals surface area contributed by atoms with Gasteiger partial charge in [0.25, 0.3) is 0 Å². The van der Waals surface area contributed by atoms with E-state index in [1.54, 1.807) is 6.20 Å². The maximum Gasteiger partial charge on any atom is 0.128 e. The van der Waals surface area contributed by atoms with E-state index < -0.39 is 0 Å². The maximum atomic E-state index is 6.11. The van der Waals surface area contributed by atoms with E-state index in [0.29, 0.717) is 5.82 Å². The van der Waals surface area contributed by atoms with Crippen LogP contribution >= 0.6 is 0 Å². The number of hydrogen-bond acceptors (Lipinski definition) is 4. The van der Waals surface area contributed by atoms with Gasteiger partial charge in [-0.25, -0.2) is 4.98 Å². The van der Waals surface area contributed by atoms with Gasteiger partial charge in [0.1, 0.15) is 5.82 Å². The Morgan fingerprint density at radius 2 is 2.00 bits per heavy atom. The number of aromatic nitrogens is 2. The average Bonchev–Trinajstić information content (AvgIpc) is 2.43. The molecular weight excluding hydrogens is 248 g/mol. The topological polar surface area (TPSA) is 63.8 Å². The van der Waals surface area contributed by atoms with Crippen LogP contribution in [0.25, 0.3) is 0 Å². The van der Waals surface area contributed by atoms with Gasteiger partial charge in [0, 0.05) is 24.2 Å². The molecule has 3 N–H and O–H groups in total. The van der Waals surface area contributed by atoms with E-state index in [1.165, 1.54) is 5.56 Å². The first-order valence-electron chi connectivity index (χ1n) is 7.00. The predicted octanol–water partition coefficient (Wildman–Crippen LogP) is 2.76. The fourth-order valence-corrected chi connectivity index (χ4v) is 2.43. The number of anilines is 1. The molecule has 1 unspecified atom stereocenters. The quantitative estimate of drug-likeness (QED) is 0.877. The van der Waals surface area contributed by atoms with Crippen LogP contribution in [0.5, 0.6) is 0 Å². The van der Waals surface area contributed by atoms with Crippen molar-refractivity contribution in [3.8, 4) is 0 Å². The lowest BCUT2D eigenvalue weighted by molar-refractivity contribution is 0.593. The number of nitrogen functional groups attached to an aromatic ring is 1. The van der Waals surface area contributed by atoms with Crippen LogP contribution in [0.4, 0.5) is 5.82 Å². The van der Waals surface area contributed by atoms with Crippen LogP contribution < -0.4 is 11.1 Å². The largest absolute Gasteiger partial charge is 0.383 e. The minimum absolute atomic E-state index is 0.0617. The van der Waals surface area contributed by atoms with E-state index in [-0.39, 0.29) is 6.04 Å². The number of hydrogen-bond donors (Lipinski definition) is 2. The SMILES string of the molecule is CCCNC(c1ccncc1C)c1c(C)ccnc1N. The number of nitrogens with two attached hydrogens (primary N) is 1. The summed E-state index contributed by atoms with van der Waals surface area (Å²) in [5.41, 5.74) is 10.7. The summed E-state index contributed by atoms with van der Waals surface area (Å²) in [7, 11) is 0. The zero-order chi connectivity index (χ0) is 14.5. The number of nitrogens with one attached hydrogen (secondary N) is 1. The highest BCUT2D eigenvalue weighted by Gasteiger charge is 2.20. The molecule has 0 aliphatic heterocycles. The molecule has 20 heavy (non-hydrogen) atoms.